The van der Waals surface area contributed by atoms with Gasteiger partial charge in [-0.2, -0.15) is 0 Å². The van der Waals surface area contributed by atoms with E-state index in [4.69, 9.17) is 30.2 Å². The van der Waals surface area contributed by atoms with Gasteiger partial charge < -0.3 is 18.6 Å². The predicted molar refractivity (Wildman–Crippen MR) is 93.7 cm³/mol. The molecule has 3 aromatic rings. The molecule has 9 heteroatoms. The number of carbonyl (C=O) groups excluding carboxylic acids is 1. The van der Waals surface area contributed by atoms with Crippen LogP contribution in [0.2, 0.25) is 5.02 Å². The second kappa shape index (κ2) is 7.27. The molecule has 132 valence electrons. The maximum atomic E-state index is 12.0. The van der Waals surface area contributed by atoms with E-state index >= 15 is 0 Å². The lowest BCUT2D eigenvalue weighted by Crippen LogP contribution is -2.10. The van der Waals surface area contributed by atoms with Gasteiger partial charge in [0.25, 0.3) is 5.22 Å². The van der Waals surface area contributed by atoms with Crippen LogP contribution in [0.15, 0.2) is 52.1 Å². The molecule has 26 heavy (non-hydrogen) atoms. The fourth-order valence-electron chi connectivity index (χ4n) is 2.23. The molecule has 1 aliphatic heterocycles. The number of rotatable bonds is 5. The van der Waals surface area contributed by atoms with Gasteiger partial charge in [0.2, 0.25) is 12.7 Å². The number of aromatic nitrogens is 2. The lowest BCUT2D eigenvalue weighted by atomic mass is 10.2. The largest absolute Gasteiger partial charge is 0.454 e. The normalized spacial score (nSPS) is 12.2. The molecule has 0 N–H and O–H groups in total. The number of esters is 1. The first-order valence-electron chi connectivity index (χ1n) is 7.50. The van der Waals surface area contributed by atoms with E-state index in [1.165, 1.54) is 0 Å². The SMILES string of the molecule is O=C(CSc1nnc(-c2ccccc2Cl)o1)Oc1ccc2c(c1)OCO2. The Kier molecular flexibility index (Phi) is 4.68. The van der Waals surface area contributed by atoms with Crippen molar-refractivity contribution in [1.82, 2.24) is 10.2 Å². The van der Waals surface area contributed by atoms with Crippen molar-refractivity contribution < 1.29 is 23.4 Å². The second-order valence-electron chi connectivity index (χ2n) is 5.13. The maximum Gasteiger partial charge on any atom is 0.321 e. The summed E-state index contributed by atoms with van der Waals surface area (Å²) in [6.45, 7) is 0.160. The Morgan fingerprint density at radius 2 is 2.00 bits per heavy atom. The Labute approximate surface area is 157 Å². The Bertz CT molecular complexity index is 962. The lowest BCUT2D eigenvalue weighted by Gasteiger charge is -2.04. The summed E-state index contributed by atoms with van der Waals surface area (Å²) in [5.41, 5.74) is 0.636. The minimum absolute atomic E-state index is 0.0125. The number of carbonyl (C=O) groups is 1. The number of hydrogen-bond donors (Lipinski definition) is 0. The zero-order valence-corrected chi connectivity index (χ0v) is 14.7. The highest BCUT2D eigenvalue weighted by molar-refractivity contribution is 7.99. The van der Waals surface area contributed by atoms with Crippen molar-refractivity contribution in [1.29, 1.82) is 0 Å². The third kappa shape index (κ3) is 3.61. The van der Waals surface area contributed by atoms with E-state index in [9.17, 15) is 4.79 Å². The zero-order chi connectivity index (χ0) is 17.9. The van der Waals surface area contributed by atoms with Gasteiger partial charge in [0.05, 0.1) is 10.6 Å². The van der Waals surface area contributed by atoms with Crippen LogP contribution in [-0.4, -0.2) is 28.7 Å². The average molecular weight is 391 g/mol. The second-order valence-corrected chi connectivity index (χ2v) is 6.46. The van der Waals surface area contributed by atoms with E-state index < -0.39 is 5.97 Å². The Morgan fingerprint density at radius 1 is 1.15 bits per heavy atom. The number of fused-ring (bicyclic) bond motifs is 1. The molecule has 0 aliphatic carbocycles. The summed E-state index contributed by atoms with van der Waals surface area (Å²) in [5.74, 6) is 1.40. The summed E-state index contributed by atoms with van der Waals surface area (Å²) in [6.07, 6.45) is 0. The van der Waals surface area contributed by atoms with Crippen molar-refractivity contribution in [3.63, 3.8) is 0 Å². The molecule has 0 spiro atoms. The Balaban J connectivity index is 1.36. The number of thioether (sulfide) groups is 1. The highest BCUT2D eigenvalue weighted by atomic mass is 35.5. The molecular formula is C17H11ClN2O5S. The van der Waals surface area contributed by atoms with E-state index in [2.05, 4.69) is 10.2 Å². The molecule has 0 amide bonds. The first kappa shape index (κ1) is 16.7. The fourth-order valence-corrected chi connectivity index (χ4v) is 2.99. The highest BCUT2D eigenvalue weighted by Crippen LogP contribution is 2.35. The quantitative estimate of drug-likeness (QED) is 0.369. The summed E-state index contributed by atoms with van der Waals surface area (Å²) in [7, 11) is 0. The molecule has 2 aromatic carbocycles. The van der Waals surface area contributed by atoms with Crippen LogP contribution in [0.3, 0.4) is 0 Å². The third-order valence-corrected chi connectivity index (χ3v) is 4.52. The first-order chi connectivity index (χ1) is 12.7. The Hall–Kier alpha value is -2.71. The van der Waals surface area contributed by atoms with Gasteiger partial charge in [-0.1, -0.05) is 35.5 Å². The summed E-state index contributed by atoms with van der Waals surface area (Å²) in [5, 5.41) is 8.61. The first-order valence-corrected chi connectivity index (χ1v) is 8.87. The number of halogens is 1. The van der Waals surface area contributed by atoms with Crippen molar-refractivity contribution in [2.45, 2.75) is 5.22 Å². The smallest absolute Gasteiger partial charge is 0.321 e. The van der Waals surface area contributed by atoms with E-state index in [0.29, 0.717) is 33.7 Å². The van der Waals surface area contributed by atoms with E-state index in [1.807, 2.05) is 12.1 Å². The van der Waals surface area contributed by atoms with Crippen LogP contribution in [0.5, 0.6) is 17.2 Å². The number of benzene rings is 2. The van der Waals surface area contributed by atoms with Crippen molar-refractivity contribution >= 4 is 29.3 Å². The minimum atomic E-state index is -0.452. The standard InChI is InChI=1S/C17H11ClN2O5S/c18-12-4-2-1-3-11(12)16-19-20-17(25-16)26-8-15(21)24-10-5-6-13-14(7-10)23-9-22-13/h1-7H,8-9H2. The summed E-state index contributed by atoms with van der Waals surface area (Å²) < 4.78 is 21.2. The summed E-state index contributed by atoms with van der Waals surface area (Å²) >= 11 is 7.18. The van der Waals surface area contributed by atoms with E-state index in [-0.39, 0.29) is 17.8 Å². The summed E-state index contributed by atoms with van der Waals surface area (Å²) in [6, 6.07) is 12.1. The van der Waals surface area contributed by atoms with Crippen molar-refractivity contribution in [3.05, 3.63) is 47.5 Å². The van der Waals surface area contributed by atoms with Gasteiger partial charge in [-0.25, -0.2) is 0 Å². The van der Waals surface area contributed by atoms with Crippen molar-refractivity contribution in [2.75, 3.05) is 12.5 Å². The van der Waals surface area contributed by atoms with Gasteiger partial charge in [0.15, 0.2) is 11.5 Å². The number of ether oxygens (including phenoxy) is 3. The van der Waals surface area contributed by atoms with Gasteiger partial charge in [-0.15, -0.1) is 10.2 Å². The van der Waals surface area contributed by atoms with Crippen LogP contribution in [0.4, 0.5) is 0 Å². The molecule has 1 aromatic heterocycles. The predicted octanol–water partition coefficient (Wildman–Crippen LogP) is 3.82. The molecule has 0 radical (unpaired) electrons. The van der Waals surface area contributed by atoms with Crippen LogP contribution >= 0.6 is 23.4 Å². The van der Waals surface area contributed by atoms with Gasteiger partial charge in [-0.3, -0.25) is 4.79 Å². The average Bonchev–Trinajstić information content (AvgIpc) is 3.29. The highest BCUT2D eigenvalue weighted by Gasteiger charge is 2.17. The fraction of sp³-hybridized carbons (Fsp3) is 0.118. The number of hydrogen-bond acceptors (Lipinski definition) is 8. The molecule has 1 aliphatic rings. The van der Waals surface area contributed by atoms with Crippen LogP contribution in [-0.2, 0) is 4.79 Å². The molecule has 2 heterocycles. The maximum absolute atomic E-state index is 12.0. The molecule has 0 atom stereocenters. The molecule has 0 saturated carbocycles. The molecule has 0 saturated heterocycles. The van der Waals surface area contributed by atoms with Crippen LogP contribution in [0.25, 0.3) is 11.5 Å². The van der Waals surface area contributed by atoms with Gasteiger partial charge in [0, 0.05) is 6.07 Å². The zero-order valence-electron chi connectivity index (χ0n) is 13.2. The molecule has 0 bridgehead atoms. The number of nitrogens with zero attached hydrogens (tertiary/aromatic N) is 2. The van der Waals surface area contributed by atoms with Gasteiger partial charge in [-0.05, 0) is 24.3 Å². The van der Waals surface area contributed by atoms with Crippen molar-refractivity contribution in [3.8, 4) is 28.7 Å². The molecule has 0 unspecified atom stereocenters. The van der Waals surface area contributed by atoms with Crippen molar-refractivity contribution in [2.24, 2.45) is 0 Å². The van der Waals surface area contributed by atoms with Gasteiger partial charge >= 0.3 is 5.97 Å². The molecule has 4 rings (SSSR count). The molecule has 7 nitrogen and oxygen atoms in total. The van der Waals surface area contributed by atoms with Crippen LogP contribution in [0.1, 0.15) is 0 Å². The molecular weight excluding hydrogens is 380 g/mol. The summed E-state index contributed by atoms with van der Waals surface area (Å²) in [4.78, 5) is 12.0. The molecule has 0 fully saturated rings. The van der Waals surface area contributed by atoms with Crippen LogP contribution < -0.4 is 14.2 Å². The topological polar surface area (TPSA) is 83.7 Å². The van der Waals surface area contributed by atoms with Gasteiger partial charge in [0.1, 0.15) is 11.5 Å². The van der Waals surface area contributed by atoms with E-state index in [0.717, 1.165) is 11.8 Å². The minimum Gasteiger partial charge on any atom is -0.454 e. The van der Waals surface area contributed by atoms with Crippen LogP contribution in [0, 0.1) is 0 Å². The third-order valence-electron chi connectivity index (χ3n) is 3.40. The monoisotopic (exact) mass is 390 g/mol. The van der Waals surface area contributed by atoms with E-state index in [1.54, 1.807) is 30.3 Å². The lowest BCUT2D eigenvalue weighted by molar-refractivity contribution is -0.131. The Morgan fingerprint density at radius 3 is 2.88 bits per heavy atom.